The number of piperazine rings is 1. The number of carbonyl (C=O) groups excluding carboxylic acids is 1. The molecule has 39 heavy (non-hydrogen) atoms. The largest absolute Gasteiger partial charge is 0.474 e. The summed E-state index contributed by atoms with van der Waals surface area (Å²) in [6.45, 7) is 4.13. The first kappa shape index (κ1) is 26.5. The van der Waals surface area contributed by atoms with Crippen LogP contribution in [-0.2, 0) is 17.6 Å². The monoisotopic (exact) mass is 548 g/mol. The van der Waals surface area contributed by atoms with Gasteiger partial charge in [-0.1, -0.05) is 12.1 Å². The molecule has 6 rings (SSSR count). The maximum absolute atomic E-state index is 11.8. The summed E-state index contributed by atoms with van der Waals surface area (Å²) in [5.41, 5.74) is 9.30. The number of primary amides is 1. The number of anilines is 1. The van der Waals surface area contributed by atoms with Crippen molar-refractivity contribution in [3.8, 4) is 5.88 Å². The number of hydrogen-bond donors (Lipinski definition) is 2. The lowest BCUT2D eigenvalue weighted by Gasteiger charge is -2.32. The molecule has 1 aromatic carbocycles. The number of fused-ring (bicyclic) bond motifs is 3. The Bertz CT molecular complexity index is 1310. The fourth-order valence-electron chi connectivity index (χ4n) is 6.52. The van der Waals surface area contributed by atoms with E-state index in [0.717, 1.165) is 80.7 Å². The van der Waals surface area contributed by atoms with Gasteiger partial charge in [-0.15, -0.1) is 11.3 Å². The zero-order valence-electron chi connectivity index (χ0n) is 23.1. The van der Waals surface area contributed by atoms with E-state index in [1.165, 1.54) is 21.7 Å². The molecule has 1 atom stereocenters. The Kier molecular flexibility index (Phi) is 7.73. The van der Waals surface area contributed by atoms with Crippen molar-refractivity contribution in [2.24, 2.45) is 5.73 Å². The summed E-state index contributed by atoms with van der Waals surface area (Å²) in [6, 6.07) is 9.44. The number of nitrogens with zero attached hydrogens (tertiary/aromatic N) is 4. The van der Waals surface area contributed by atoms with Crippen LogP contribution in [0.25, 0.3) is 10.2 Å². The first-order valence-electron chi connectivity index (χ1n) is 14.4. The van der Waals surface area contributed by atoms with Crippen LogP contribution in [0, 0.1) is 0 Å². The van der Waals surface area contributed by atoms with Crippen LogP contribution in [0.2, 0.25) is 0 Å². The normalized spacial score (nSPS) is 23.4. The molecule has 3 aromatic rings. The molecular weight excluding hydrogens is 508 g/mol. The van der Waals surface area contributed by atoms with Crippen molar-refractivity contribution in [1.29, 1.82) is 0 Å². The Balaban J connectivity index is 1.29. The summed E-state index contributed by atoms with van der Waals surface area (Å²) in [7, 11) is 4.33. The van der Waals surface area contributed by atoms with Crippen LogP contribution in [0.4, 0.5) is 5.69 Å². The number of ether oxygens (including phenoxy) is 1. The molecule has 0 bridgehead atoms. The highest BCUT2D eigenvalue weighted by Gasteiger charge is 2.33. The van der Waals surface area contributed by atoms with Gasteiger partial charge in [0.05, 0.1) is 5.39 Å². The number of benzene rings is 1. The van der Waals surface area contributed by atoms with Gasteiger partial charge in [0.2, 0.25) is 11.8 Å². The van der Waals surface area contributed by atoms with Gasteiger partial charge in [0.1, 0.15) is 16.8 Å². The SMILES string of the molecule is CN(C)C1CCC(Oc2nc(Cc3ccc(N4CCNCC4)cc3)nc3sc4c(c23)C(CC(N)=O)CC4)CC1. The second-order valence-electron chi connectivity index (χ2n) is 11.6. The van der Waals surface area contributed by atoms with Crippen LogP contribution in [-0.4, -0.2) is 73.2 Å². The number of aromatic nitrogens is 2. The van der Waals surface area contributed by atoms with Crippen molar-refractivity contribution in [1.82, 2.24) is 20.2 Å². The summed E-state index contributed by atoms with van der Waals surface area (Å²) in [5, 5.41) is 4.44. The number of amides is 1. The quantitative estimate of drug-likeness (QED) is 0.441. The molecule has 0 spiro atoms. The van der Waals surface area contributed by atoms with Crippen LogP contribution in [0.15, 0.2) is 24.3 Å². The molecule has 1 saturated heterocycles. The summed E-state index contributed by atoms with van der Waals surface area (Å²) >= 11 is 1.74. The zero-order valence-corrected chi connectivity index (χ0v) is 23.9. The van der Waals surface area contributed by atoms with Crippen molar-refractivity contribution in [2.45, 2.75) is 69.4 Å². The van der Waals surface area contributed by atoms with E-state index in [1.54, 1.807) is 11.3 Å². The fourth-order valence-corrected chi connectivity index (χ4v) is 7.81. The summed E-state index contributed by atoms with van der Waals surface area (Å²) in [5.74, 6) is 1.37. The number of nitrogens with two attached hydrogens (primary N) is 1. The van der Waals surface area contributed by atoms with Gasteiger partial charge in [-0.05, 0) is 81.8 Å². The molecule has 1 aliphatic heterocycles. The van der Waals surface area contributed by atoms with E-state index >= 15 is 0 Å². The minimum atomic E-state index is -0.251. The van der Waals surface area contributed by atoms with E-state index in [4.69, 9.17) is 20.4 Å². The van der Waals surface area contributed by atoms with E-state index in [9.17, 15) is 4.79 Å². The molecule has 1 saturated carbocycles. The molecule has 8 nitrogen and oxygen atoms in total. The molecule has 1 unspecified atom stereocenters. The Hall–Kier alpha value is -2.75. The molecule has 208 valence electrons. The minimum absolute atomic E-state index is 0.130. The molecule has 3 aliphatic rings. The van der Waals surface area contributed by atoms with Crippen LogP contribution in [0.1, 0.15) is 66.3 Å². The molecule has 3 heterocycles. The molecular formula is C30H40N6O2S. The third-order valence-electron chi connectivity index (χ3n) is 8.69. The molecule has 9 heteroatoms. The van der Waals surface area contributed by atoms with E-state index in [0.29, 0.717) is 24.8 Å². The van der Waals surface area contributed by atoms with Crippen molar-refractivity contribution in [3.63, 3.8) is 0 Å². The van der Waals surface area contributed by atoms with Gasteiger partial charge in [0, 0.05) is 55.6 Å². The predicted molar refractivity (Wildman–Crippen MR) is 157 cm³/mol. The minimum Gasteiger partial charge on any atom is -0.474 e. The first-order chi connectivity index (χ1) is 18.9. The van der Waals surface area contributed by atoms with Gasteiger partial charge in [0.15, 0.2) is 0 Å². The molecule has 2 aliphatic carbocycles. The number of aryl methyl sites for hydroxylation is 1. The second-order valence-corrected chi connectivity index (χ2v) is 12.6. The van der Waals surface area contributed by atoms with E-state index in [1.807, 2.05) is 0 Å². The standard InChI is InChI=1S/C30H40N6O2S/c1-35(2)21-8-10-23(11-9-21)38-29-28-27-20(18-25(31)37)5-12-24(27)39-30(28)34-26(33-29)17-19-3-6-22(7-4-19)36-15-13-32-14-16-36/h3-4,6-7,20-21,23,32H,5,8-18H2,1-2H3,(H2,31,37). The Morgan fingerprint density at radius 3 is 2.54 bits per heavy atom. The van der Waals surface area contributed by atoms with E-state index < -0.39 is 0 Å². The third-order valence-corrected chi connectivity index (χ3v) is 9.85. The maximum Gasteiger partial charge on any atom is 0.226 e. The lowest BCUT2D eigenvalue weighted by atomic mass is 9.92. The van der Waals surface area contributed by atoms with E-state index in [2.05, 4.69) is 53.5 Å². The van der Waals surface area contributed by atoms with Crippen LogP contribution in [0.3, 0.4) is 0 Å². The fraction of sp³-hybridized carbons (Fsp3) is 0.567. The molecule has 2 aromatic heterocycles. The van der Waals surface area contributed by atoms with E-state index in [-0.39, 0.29) is 17.9 Å². The number of rotatable bonds is 8. The summed E-state index contributed by atoms with van der Waals surface area (Å²) < 4.78 is 6.72. The van der Waals surface area contributed by atoms with Crippen molar-refractivity contribution in [2.75, 3.05) is 45.2 Å². The average molecular weight is 549 g/mol. The lowest BCUT2D eigenvalue weighted by molar-refractivity contribution is -0.118. The summed E-state index contributed by atoms with van der Waals surface area (Å²) in [4.78, 5) is 29.0. The molecule has 0 radical (unpaired) electrons. The Morgan fingerprint density at radius 1 is 1.10 bits per heavy atom. The van der Waals surface area contributed by atoms with Crippen molar-refractivity contribution < 1.29 is 9.53 Å². The number of hydrogen-bond acceptors (Lipinski definition) is 8. The van der Waals surface area contributed by atoms with Crippen LogP contribution in [0.5, 0.6) is 5.88 Å². The Labute approximate surface area is 234 Å². The van der Waals surface area contributed by atoms with Gasteiger partial charge in [-0.2, -0.15) is 4.98 Å². The number of carbonyl (C=O) groups is 1. The van der Waals surface area contributed by atoms with Crippen LogP contribution >= 0.6 is 11.3 Å². The maximum atomic E-state index is 11.8. The highest BCUT2D eigenvalue weighted by atomic mass is 32.1. The van der Waals surface area contributed by atoms with Gasteiger partial charge >= 0.3 is 0 Å². The average Bonchev–Trinajstić information content (AvgIpc) is 3.49. The first-order valence-corrected chi connectivity index (χ1v) is 15.2. The number of thiophene rings is 1. The van der Waals surface area contributed by atoms with Gasteiger partial charge < -0.3 is 25.6 Å². The topological polar surface area (TPSA) is 96.6 Å². The number of nitrogens with one attached hydrogen (secondary N) is 1. The highest BCUT2D eigenvalue weighted by molar-refractivity contribution is 7.19. The third kappa shape index (κ3) is 5.76. The van der Waals surface area contributed by atoms with Gasteiger partial charge in [-0.3, -0.25) is 4.79 Å². The van der Waals surface area contributed by atoms with Crippen molar-refractivity contribution in [3.05, 3.63) is 46.1 Å². The molecule has 3 N–H and O–H groups in total. The van der Waals surface area contributed by atoms with Crippen LogP contribution < -0.4 is 20.7 Å². The smallest absolute Gasteiger partial charge is 0.226 e. The second kappa shape index (κ2) is 11.4. The zero-order chi connectivity index (χ0) is 26.9. The predicted octanol–water partition coefficient (Wildman–Crippen LogP) is 3.85. The summed E-state index contributed by atoms with van der Waals surface area (Å²) in [6.07, 6.45) is 7.40. The van der Waals surface area contributed by atoms with Gasteiger partial charge in [-0.25, -0.2) is 4.98 Å². The lowest BCUT2D eigenvalue weighted by Crippen LogP contribution is -2.43. The highest BCUT2D eigenvalue weighted by Crippen LogP contribution is 2.47. The molecule has 2 fully saturated rings. The molecule has 1 amide bonds. The van der Waals surface area contributed by atoms with Crippen molar-refractivity contribution >= 4 is 33.1 Å². The van der Waals surface area contributed by atoms with Gasteiger partial charge in [0.25, 0.3) is 0 Å². The Morgan fingerprint density at radius 2 is 1.85 bits per heavy atom.